The second-order valence-corrected chi connectivity index (χ2v) is 6.35. The van der Waals surface area contributed by atoms with Crippen molar-refractivity contribution in [1.29, 1.82) is 0 Å². The van der Waals surface area contributed by atoms with Crippen molar-refractivity contribution in [3.63, 3.8) is 0 Å². The van der Waals surface area contributed by atoms with E-state index in [0.717, 1.165) is 34.5 Å². The lowest BCUT2D eigenvalue weighted by Gasteiger charge is -2.08. The number of benzene rings is 2. The van der Waals surface area contributed by atoms with Crippen molar-refractivity contribution in [2.75, 3.05) is 9.44 Å². The van der Waals surface area contributed by atoms with Crippen LogP contribution in [0.3, 0.4) is 0 Å². The van der Waals surface area contributed by atoms with Crippen LogP contribution in [-0.2, 0) is 11.2 Å². The van der Waals surface area contributed by atoms with Gasteiger partial charge in [0.25, 0.3) is 0 Å². The molecule has 0 aliphatic rings. The molecule has 0 aliphatic heterocycles. The molecule has 0 unspecified atom stereocenters. The molecule has 2 heterocycles. The summed E-state index contributed by atoms with van der Waals surface area (Å²) in [6, 6.07) is 11.0. The smallest absolute Gasteiger partial charge is 0.220 e. The monoisotopic (exact) mass is 348 g/mol. The van der Waals surface area contributed by atoms with E-state index in [2.05, 4.69) is 26.9 Å². The van der Waals surface area contributed by atoms with Gasteiger partial charge in [-0.25, -0.2) is 4.21 Å². The Morgan fingerprint density at radius 3 is 1.77 bits per heavy atom. The summed E-state index contributed by atoms with van der Waals surface area (Å²) in [5.74, 6) is 0. The predicted octanol–water partition coefficient (Wildman–Crippen LogP) is 2.80. The van der Waals surface area contributed by atoms with Gasteiger partial charge in [0.15, 0.2) is 0 Å². The summed E-state index contributed by atoms with van der Waals surface area (Å²) in [5.41, 5.74) is 4.30. The lowest BCUT2D eigenvalue weighted by Crippen LogP contribution is -2.14. The number of rotatable bonds is 4. The van der Waals surface area contributed by atoms with Crippen LogP contribution in [0.4, 0.5) is 11.4 Å². The van der Waals surface area contributed by atoms with E-state index >= 15 is 0 Å². The first kappa shape index (κ1) is 13.5. The van der Waals surface area contributed by atoms with Crippen molar-refractivity contribution in [3.8, 4) is 0 Å². The standard InChI is InChI=1S/C12H8N6OS3/c19-22(17-9-5-1-3-7-11(9)15-20-13-7)18-10-6-2-4-8-12(10)16-21-14-8/h1-6,17-18H. The quantitative estimate of drug-likeness (QED) is 0.591. The minimum absolute atomic E-state index is 0.667. The number of hydrogen-bond donors (Lipinski definition) is 2. The van der Waals surface area contributed by atoms with E-state index in [4.69, 9.17) is 0 Å². The SMILES string of the molecule is O=S(Nc1cccc2nsnc12)Nc1cccc2nsnc12. The van der Waals surface area contributed by atoms with Gasteiger partial charge in [-0.1, -0.05) is 12.1 Å². The number of nitrogens with zero attached hydrogens (tertiary/aromatic N) is 4. The molecule has 7 nitrogen and oxygen atoms in total. The first-order valence-corrected chi connectivity index (χ1v) is 8.80. The zero-order chi connectivity index (χ0) is 14.9. The number of hydrogen-bond acceptors (Lipinski definition) is 7. The average molecular weight is 348 g/mol. The van der Waals surface area contributed by atoms with E-state index in [9.17, 15) is 4.21 Å². The molecule has 10 heteroatoms. The van der Waals surface area contributed by atoms with Gasteiger partial charge in [-0.3, -0.25) is 9.44 Å². The molecule has 0 bridgehead atoms. The number of nitrogens with one attached hydrogen (secondary N) is 2. The van der Waals surface area contributed by atoms with Gasteiger partial charge in [0.05, 0.1) is 34.8 Å². The van der Waals surface area contributed by atoms with Crippen molar-refractivity contribution < 1.29 is 4.21 Å². The second kappa shape index (κ2) is 5.55. The van der Waals surface area contributed by atoms with Gasteiger partial charge in [0.1, 0.15) is 22.1 Å². The van der Waals surface area contributed by atoms with Crippen LogP contribution >= 0.6 is 23.5 Å². The molecule has 0 saturated heterocycles. The summed E-state index contributed by atoms with van der Waals surface area (Å²) in [6.07, 6.45) is 0. The van der Waals surface area contributed by atoms with Crippen LogP contribution in [0.25, 0.3) is 22.1 Å². The second-order valence-electron chi connectivity index (χ2n) is 4.35. The minimum atomic E-state index is -1.53. The Morgan fingerprint density at radius 2 is 1.27 bits per heavy atom. The Kier molecular flexibility index (Phi) is 3.41. The topological polar surface area (TPSA) is 92.7 Å². The fourth-order valence-electron chi connectivity index (χ4n) is 2.00. The normalized spacial score (nSPS) is 11.3. The molecule has 4 rings (SSSR count). The van der Waals surface area contributed by atoms with Crippen LogP contribution in [0.15, 0.2) is 36.4 Å². The van der Waals surface area contributed by atoms with E-state index < -0.39 is 11.2 Å². The summed E-state index contributed by atoms with van der Waals surface area (Å²) in [7, 11) is 0. The molecule has 0 fully saturated rings. The Bertz CT molecular complexity index is 903. The largest absolute Gasteiger partial charge is 0.286 e. The summed E-state index contributed by atoms with van der Waals surface area (Å²) in [6.45, 7) is 0. The van der Waals surface area contributed by atoms with E-state index in [1.54, 1.807) is 0 Å². The third-order valence-corrected chi connectivity index (χ3v) is 4.87. The molecule has 2 N–H and O–H groups in total. The van der Waals surface area contributed by atoms with Crippen molar-refractivity contribution in [3.05, 3.63) is 36.4 Å². The van der Waals surface area contributed by atoms with Gasteiger partial charge in [-0.05, 0) is 24.3 Å². The van der Waals surface area contributed by atoms with E-state index in [1.165, 1.54) is 0 Å². The molecule has 0 radical (unpaired) electrons. The van der Waals surface area contributed by atoms with Crippen LogP contribution in [0, 0.1) is 0 Å². The van der Waals surface area contributed by atoms with Gasteiger partial charge < -0.3 is 0 Å². The van der Waals surface area contributed by atoms with Gasteiger partial charge >= 0.3 is 0 Å². The highest BCUT2D eigenvalue weighted by molar-refractivity contribution is 7.87. The number of anilines is 2. The Morgan fingerprint density at radius 1 is 0.773 bits per heavy atom. The molecular formula is C12H8N6OS3. The van der Waals surface area contributed by atoms with Crippen LogP contribution < -0.4 is 9.44 Å². The molecule has 4 aromatic rings. The zero-order valence-corrected chi connectivity index (χ0v) is 13.3. The highest BCUT2D eigenvalue weighted by Crippen LogP contribution is 2.24. The fourth-order valence-corrected chi connectivity index (χ4v) is 3.88. The molecule has 0 aliphatic carbocycles. The van der Waals surface area contributed by atoms with Crippen molar-refractivity contribution in [2.45, 2.75) is 0 Å². The summed E-state index contributed by atoms with van der Waals surface area (Å²) < 4.78 is 34.8. The van der Waals surface area contributed by atoms with Crippen LogP contribution in [0.1, 0.15) is 0 Å². The molecule has 0 spiro atoms. The first-order chi connectivity index (χ1) is 10.8. The van der Waals surface area contributed by atoms with E-state index in [1.807, 2.05) is 36.4 Å². The fraction of sp³-hybridized carbons (Fsp3) is 0. The van der Waals surface area contributed by atoms with Gasteiger partial charge in [0, 0.05) is 0 Å². The van der Waals surface area contributed by atoms with Gasteiger partial charge in [0.2, 0.25) is 11.2 Å². The van der Waals surface area contributed by atoms with Crippen LogP contribution in [0.2, 0.25) is 0 Å². The maximum Gasteiger partial charge on any atom is 0.220 e. The summed E-state index contributed by atoms with van der Waals surface area (Å²) >= 11 is 0.721. The molecular weight excluding hydrogens is 340 g/mol. The molecule has 2 aromatic heterocycles. The average Bonchev–Trinajstić information content (AvgIpc) is 3.16. The van der Waals surface area contributed by atoms with Crippen molar-refractivity contribution in [2.24, 2.45) is 0 Å². The van der Waals surface area contributed by atoms with Crippen LogP contribution in [-0.4, -0.2) is 21.7 Å². The summed E-state index contributed by atoms with van der Waals surface area (Å²) in [5, 5.41) is 0. The number of fused-ring (bicyclic) bond motifs is 2. The third kappa shape index (κ3) is 2.40. The molecule has 22 heavy (non-hydrogen) atoms. The van der Waals surface area contributed by atoms with Gasteiger partial charge in [-0.15, -0.1) is 0 Å². The highest BCUT2D eigenvalue weighted by Gasteiger charge is 2.10. The molecule has 0 amide bonds. The van der Waals surface area contributed by atoms with Crippen molar-refractivity contribution in [1.82, 2.24) is 17.5 Å². The Hall–Kier alpha value is -2.17. The van der Waals surface area contributed by atoms with Gasteiger partial charge in [-0.2, -0.15) is 17.5 Å². The molecule has 0 saturated carbocycles. The maximum atomic E-state index is 12.3. The lowest BCUT2D eigenvalue weighted by atomic mass is 10.3. The molecule has 2 aromatic carbocycles. The zero-order valence-electron chi connectivity index (χ0n) is 10.9. The number of aromatic nitrogens is 4. The third-order valence-electron chi connectivity index (χ3n) is 2.98. The summed E-state index contributed by atoms with van der Waals surface area (Å²) in [4.78, 5) is 0. The Balaban J connectivity index is 1.60. The minimum Gasteiger partial charge on any atom is -0.286 e. The van der Waals surface area contributed by atoms with Crippen molar-refractivity contribution >= 4 is 68.1 Å². The van der Waals surface area contributed by atoms with E-state index in [-0.39, 0.29) is 0 Å². The van der Waals surface area contributed by atoms with E-state index in [0.29, 0.717) is 22.4 Å². The Labute approximate surface area is 135 Å². The first-order valence-electron chi connectivity index (χ1n) is 6.19. The lowest BCUT2D eigenvalue weighted by molar-refractivity contribution is 0.689. The molecule has 110 valence electrons. The highest BCUT2D eigenvalue weighted by atomic mass is 32.2. The molecule has 0 atom stereocenters. The predicted molar refractivity (Wildman–Crippen MR) is 90.2 cm³/mol. The van der Waals surface area contributed by atoms with Crippen LogP contribution in [0.5, 0.6) is 0 Å². The maximum absolute atomic E-state index is 12.3.